The van der Waals surface area contributed by atoms with Gasteiger partial charge in [0.05, 0.1) is 5.60 Å². The largest absolute Gasteiger partial charge is 0.389 e. The number of nitrogens with one attached hydrogen (secondary N) is 1. The monoisotopic (exact) mass is 255 g/mol. The Bertz CT molecular complexity index is 333. The van der Waals surface area contributed by atoms with Crippen LogP contribution in [0.2, 0.25) is 5.02 Å². The summed E-state index contributed by atoms with van der Waals surface area (Å²) in [5.41, 5.74) is 0.588. The summed E-state index contributed by atoms with van der Waals surface area (Å²) in [6.07, 6.45) is 1.54. The molecular weight excluding hydrogens is 234 g/mol. The molecule has 0 unspecified atom stereocenters. The van der Waals surface area contributed by atoms with Gasteiger partial charge in [-0.05, 0) is 37.5 Å². The van der Waals surface area contributed by atoms with E-state index >= 15 is 0 Å². The first-order valence-electron chi connectivity index (χ1n) is 6.22. The minimum absolute atomic E-state index is 0.219. The highest BCUT2D eigenvalue weighted by molar-refractivity contribution is 6.30. The van der Waals surface area contributed by atoms with Gasteiger partial charge in [0.15, 0.2) is 0 Å². The van der Waals surface area contributed by atoms with E-state index in [-0.39, 0.29) is 6.04 Å². The van der Waals surface area contributed by atoms with E-state index in [0.717, 1.165) is 17.9 Å². The Morgan fingerprint density at radius 3 is 2.24 bits per heavy atom. The second kappa shape index (κ2) is 6.39. The normalized spacial score (nSPS) is 13.7. The summed E-state index contributed by atoms with van der Waals surface area (Å²) < 4.78 is 0. The van der Waals surface area contributed by atoms with Gasteiger partial charge < -0.3 is 10.4 Å². The van der Waals surface area contributed by atoms with E-state index in [1.165, 1.54) is 5.56 Å². The van der Waals surface area contributed by atoms with Gasteiger partial charge in [0.1, 0.15) is 0 Å². The van der Waals surface area contributed by atoms with Crippen LogP contribution in [0.4, 0.5) is 0 Å². The molecular formula is C14H22ClNO. The van der Waals surface area contributed by atoms with Gasteiger partial charge in [0, 0.05) is 17.6 Å². The van der Waals surface area contributed by atoms with E-state index in [0.29, 0.717) is 6.54 Å². The lowest BCUT2D eigenvalue weighted by Crippen LogP contribution is -2.40. The Labute approximate surface area is 109 Å². The fraction of sp³-hybridized carbons (Fsp3) is 0.571. The smallest absolute Gasteiger partial charge is 0.0766 e. The molecule has 0 saturated carbocycles. The summed E-state index contributed by atoms with van der Waals surface area (Å²) >= 11 is 5.85. The molecule has 3 heteroatoms. The van der Waals surface area contributed by atoms with Crippen LogP contribution in [0.5, 0.6) is 0 Å². The Hall–Kier alpha value is -0.570. The zero-order chi connectivity index (χ0) is 12.9. The highest BCUT2D eigenvalue weighted by atomic mass is 35.5. The average Bonchev–Trinajstić information content (AvgIpc) is 2.36. The predicted octanol–water partition coefficient (Wildman–Crippen LogP) is 3.54. The van der Waals surface area contributed by atoms with Crippen LogP contribution < -0.4 is 5.32 Å². The molecule has 0 bridgehead atoms. The third kappa shape index (κ3) is 4.30. The van der Waals surface area contributed by atoms with Crippen LogP contribution in [0.15, 0.2) is 24.3 Å². The molecule has 1 atom stereocenters. The maximum atomic E-state index is 10.2. The van der Waals surface area contributed by atoms with E-state index in [1.54, 1.807) is 0 Å². The Morgan fingerprint density at radius 2 is 1.76 bits per heavy atom. The van der Waals surface area contributed by atoms with Crippen molar-refractivity contribution in [3.8, 4) is 0 Å². The fourth-order valence-electron chi connectivity index (χ4n) is 1.71. The molecule has 96 valence electrons. The van der Waals surface area contributed by atoms with Crippen LogP contribution in [-0.2, 0) is 0 Å². The number of hydrogen-bond donors (Lipinski definition) is 2. The minimum Gasteiger partial charge on any atom is -0.389 e. The summed E-state index contributed by atoms with van der Waals surface area (Å²) in [5, 5.41) is 14.3. The Morgan fingerprint density at radius 1 is 1.24 bits per heavy atom. The molecule has 0 aliphatic rings. The van der Waals surface area contributed by atoms with Gasteiger partial charge in [-0.3, -0.25) is 0 Å². The van der Waals surface area contributed by atoms with E-state index in [4.69, 9.17) is 11.6 Å². The molecule has 2 nitrogen and oxygen atoms in total. The van der Waals surface area contributed by atoms with Crippen molar-refractivity contribution >= 4 is 11.6 Å². The Kier molecular flexibility index (Phi) is 5.44. The number of aliphatic hydroxyl groups is 1. The molecule has 0 radical (unpaired) electrons. The van der Waals surface area contributed by atoms with Crippen molar-refractivity contribution in [2.75, 3.05) is 6.54 Å². The van der Waals surface area contributed by atoms with Gasteiger partial charge in [0.2, 0.25) is 0 Å². The molecule has 0 fully saturated rings. The topological polar surface area (TPSA) is 32.3 Å². The number of hydrogen-bond acceptors (Lipinski definition) is 2. The van der Waals surface area contributed by atoms with Crippen LogP contribution in [-0.4, -0.2) is 17.3 Å². The number of halogens is 1. The van der Waals surface area contributed by atoms with Crippen molar-refractivity contribution in [2.45, 2.75) is 45.3 Å². The maximum Gasteiger partial charge on any atom is 0.0766 e. The zero-order valence-corrected chi connectivity index (χ0v) is 11.6. The van der Waals surface area contributed by atoms with Crippen LogP contribution in [0.3, 0.4) is 0 Å². The van der Waals surface area contributed by atoms with Crippen LogP contribution in [0.25, 0.3) is 0 Å². The molecule has 17 heavy (non-hydrogen) atoms. The molecule has 1 aromatic rings. The molecule has 0 amide bonds. The minimum atomic E-state index is -0.597. The first kappa shape index (κ1) is 14.5. The van der Waals surface area contributed by atoms with E-state index in [1.807, 2.05) is 38.1 Å². The van der Waals surface area contributed by atoms with Crippen molar-refractivity contribution in [3.05, 3.63) is 34.9 Å². The second-order valence-corrected chi connectivity index (χ2v) is 5.02. The third-order valence-electron chi connectivity index (χ3n) is 3.42. The molecule has 0 aliphatic heterocycles. The molecule has 0 heterocycles. The molecule has 2 N–H and O–H groups in total. The van der Waals surface area contributed by atoms with Gasteiger partial charge in [-0.25, -0.2) is 0 Å². The van der Waals surface area contributed by atoms with E-state index < -0.39 is 5.60 Å². The highest BCUT2D eigenvalue weighted by Crippen LogP contribution is 2.18. The summed E-state index contributed by atoms with van der Waals surface area (Å²) in [7, 11) is 0. The summed E-state index contributed by atoms with van der Waals surface area (Å²) in [6, 6.07) is 8.02. The van der Waals surface area contributed by atoms with Gasteiger partial charge in [-0.1, -0.05) is 37.6 Å². The van der Waals surface area contributed by atoms with Crippen molar-refractivity contribution in [3.63, 3.8) is 0 Å². The Balaban J connectivity index is 2.55. The van der Waals surface area contributed by atoms with Crippen LogP contribution in [0.1, 0.15) is 45.2 Å². The fourth-order valence-corrected chi connectivity index (χ4v) is 1.84. The first-order chi connectivity index (χ1) is 8.00. The first-order valence-corrected chi connectivity index (χ1v) is 6.60. The molecule has 1 aromatic carbocycles. The molecule has 0 aliphatic carbocycles. The number of benzene rings is 1. The second-order valence-electron chi connectivity index (χ2n) is 4.59. The summed E-state index contributed by atoms with van der Waals surface area (Å²) in [4.78, 5) is 0. The van der Waals surface area contributed by atoms with Gasteiger partial charge in [0.25, 0.3) is 0 Å². The highest BCUT2D eigenvalue weighted by Gasteiger charge is 2.22. The summed E-state index contributed by atoms with van der Waals surface area (Å²) in [5.74, 6) is 0. The van der Waals surface area contributed by atoms with Crippen molar-refractivity contribution in [1.29, 1.82) is 0 Å². The van der Waals surface area contributed by atoms with E-state index in [9.17, 15) is 5.11 Å². The van der Waals surface area contributed by atoms with Gasteiger partial charge in [-0.15, -0.1) is 0 Å². The molecule has 0 spiro atoms. The zero-order valence-electron chi connectivity index (χ0n) is 10.8. The van der Waals surface area contributed by atoms with Crippen LogP contribution in [0, 0.1) is 0 Å². The van der Waals surface area contributed by atoms with Gasteiger partial charge >= 0.3 is 0 Å². The van der Waals surface area contributed by atoms with Gasteiger partial charge in [-0.2, -0.15) is 0 Å². The average molecular weight is 256 g/mol. The van der Waals surface area contributed by atoms with Crippen molar-refractivity contribution in [1.82, 2.24) is 5.32 Å². The molecule has 0 aromatic heterocycles. The lowest BCUT2D eigenvalue weighted by Gasteiger charge is -2.27. The predicted molar refractivity (Wildman–Crippen MR) is 73.4 cm³/mol. The standard InChI is InChI=1S/C14H22ClNO/c1-4-14(17,5-2)10-16-11(3)12-6-8-13(15)9-7-12/h6-9,11,16-17H,4-5,10H2,1-3H3/t11-/m1/s1. The quantitative estimate of drug-likeness (QED) is 0.815. The summed E-state index contributed by atoms with van der Waals surface area (Å²) in [6.45, 7) is 6.73. The molecule has 1 rings (SSSR count). The lowest BCUT2D eigenvalue weighted by atomic mass is 9.96. The number of rotatable bonds is 6. The maximum absolute atomic E-state index is 10.2. The lowest BCUT2D eigenvalue weighted by molar-refractivity contribution is 0.0303. The van der Waals surface area contributed by atoms with E-state index in [2.05, 4.69) is 12.2 Å². The van der Waals surface area contributed by atoms with Crippen LogP contribution >= 0.6 is 11.6 Å². The van der Waals surface area contributed by atoms with Crippen molar-refractivity contribution < 1.29 is 5.11 Å². The molecule has 0 saturated heterocycles. The third-order valence-corrected chi connectivity index (χ3v) is 3.68. The van der Waals surface area contributed by atoms with Crippen molar-refractivity contribution in [2.24, 2.45) is 0 Å². The SMILES string of the molecule is CCC(O)(CC)CN[C@H](C)c1ccc(Cl)cc1.